The fourth-order valence-electron chi connectivity index (χ4n) is 3.91. The molecule has 1 saturated carbocycles. The van der Waals surface area contributed by atoms with Crippen molar-refractivity contribution < 1.29 is 4.39 Å². The Balaban J connectivity index is 2.44. The lowest BCUT2D eigenvalue weighted by Crippen LogP contribution is -2.54. The van der Waals surface area contributed by atoms with Crippen LogP contribution >= 0.6 is 0 Å². The maximum absolute atomic E-state index is 13.9. The van der Waals surface area contributed by atoms with Gasteiger partial charge in [-0.1, -0.05) is 32.3 Å². The number of hydrogen-bond donors (Lipinski definition) is 1. The first kappa shape index (κ1) is 16.4. The molecule has 1 aliphatic carbocycles. The van der Waals surface area contributed by atoms with Crippen LogP contribution in [0.3, 0.4) is 0 Å². The zero-order valence-electron chi connectivity index (χ0n) is 13.9. The van der Waals surface area contributed by atoms with Gasteiger partial charge < -0.3 is 10.2 Å². The average Bonchev–Trinajstić information content (AvgIpc) is 2.44. The van der Waals surface area contributed by atoms with Gasteiger partial charge in [-0.25, -0.2) is 4.39 Å². The molecule has 1 fully saturated rings. The van der Waals surface area contributed by atoms with E-state index in [2.05, 4.69) is 37.3 Å². The van der Waals surface area contributed by atoms with Crippen molar-refractivity contribution in [2.75, 3.05) is 20.6 Å². The van der Waals surface area contributed by atoms with Gasteiger partial charge in [-0.05, 0) is 63.7 Å². The Morgan fingerprint density at radius 1 is 1.19 bits per heavy atom. The van der Waals surface area contributed by atoms with Crippen molar-refractivity contribution in [2.45, 2.75) is 57.5 Å². The second-order valence-corrected chi connectivity index (χ2v) is 6.61. The average molecular weight is 292 g/mol. The normalized spacial score (nSPS) is 19.7. The van der Waals surface area contributed by atoms with Crippen LogP contribution in [0.4, 0.5) is 4.39 Å². The predicted molar refractivity (Wildman–Crippen MR) is 87.1 cm³/mol. The third kappa shape index (κ3) is 3.46. The van der Waals surface area contributed by atoms with E-state index in [1.807, 2.05) is 6.92 Å². The fourth-order valence-corrected chi connectivity index (χ4v) is 3.91. The Hall–Kier alpha value is -0.930. The smallest absolute Gasteiger partial charge is 0.123 e. The molecule has 0 bridgehead atoms. The first-order chi connectivity index (χ1) is 9.99. The molecule has 0 spiro atoms. The van der Waals surface area contributed by atoms with Crippen molar-refractivity contribution in [2.24, 2.45) is 0 Å². The molecule has 1 aliphatic rings. The summed E-state index contributed by atoms with van der Waals surface area (Å²) < 4.78 is 13.9. The van der Waals surface area contributed by atoms with Crippen LogP contribution < -0.4 is 5.32 Å². The molecule has 2 nitrogen and oxygen atoms in total. The summed E-state index contributed by atoms with van der Waals surface area (Å²) in [5.74, 6) is -0.127. The first-order valence-corrected chi connectivity index (χ1v) is 8.17. The number of likely N-dealkylation sites (N-methyl/N-ethyl adjacent to an activating group) is 2. The predicted octanol–water partition coefficient (Wildman–Crippen LogP) is 4.05. The summed E-state index contributed by atoms with van der Waals surface area (Å²) in [4.78, 5) is 2.36. The molecular formula is C18H29FN2. The van der Waals surface area contributed by atoms with Crippen LogP contribution in [0.15, 0.2) is 18.2 Å². The van der Waals surface area contributed by atoms with Gasteiger partial charge in [-0.2, -0.15) is 0 Å². The van der Waals surface area contributed by atoms with Gasteiger partial charge in [0.25, 0.3) is 0 Å². The zero-order valence-corrected chi connectivity index (χ0v) is 13.9. The molecule has 21 heavy (non-hydrogen) atoms. The Morgan fingerprint density at radius 3 is 2.38 bits per heavy atom. The van der Waals surface area contributed by atoms with Gasteiger partial charge >= 0.3 is 0 Å². The summed E-state index contributed by atoms with van der Waals surface area (Å²) in [6.07, 6.45) is 6.18. The van der Waals surface area contributed by atoms with Crippen LogP contribution in [0.25, 0.3) is 0 Å². The van der Waals surface area contributed by atoms with Gasteiger partial charge in [-0.15, -0.1) is 0 Å². The van der Waals surface area contributed by atoms with E-state index in [9.17, 15) is 4.39 Å². The number of hydrogen-bond acceptors (Lipinski definition) is 2. The molecule has 3 heteroatoms. The quantitative estimate of drug-likeness (QED) is 0.881. The summed E-state index contributed by atoms with van der Waals surface area (Å²) in [5, 5.41) is 3.64. The molecule has 1 N–H and O–H groups in total. The van der Waals surface area contributed by atoms with E-state index in [0.29, 0.717) is 0 Å². The topological polar surface area (TPSA) is 15.3 Å². The van der Waals surface area contributed by atoms with Gasteiger partial charge in [0.05, 0.1) is 6.04 Å². The van der Waals surface area contributed by atoms with E-state index in [0.717, 1.165) is 17.7 Å². The van der Waals surface area contributed by atoms with Crippen molar-refractivity contribution in [3.63, 3.8) is 0 Å². The van der Waals surface area contributed by atoms with Crippen LogP contribution in [-0.2, 0) is 0 Å². The number of nitrogens with zero attached hydrogens (tertiary/aromatic N) is 1. The van der Waals surface area contributed by atoms with Gasteiger partial charge in [-0.3, -0.25) is 0 Å². The van der Waals surface area contributed by atoms with Crippen LogP contribution in [0, 0.1) is 12.7 Å². The molecule has 118 valence electrons. The molecule has 1 unspecified atom stereocenters. The highest BCUT2D eigenvalue weighted by atomic mass is 19.1. The van der Waals surface area contributed by atoms with Crippen LogP contribution in [-0.4, -0.2) is 31.1 Å². The standard InChI is InChI=1S/C18H29FN2/c1-5-20-17(15-11-14(2)12-16(19)13-15)18(21(3)4)9-7-6-8-10-18/h11-13,17,20H,5-10H2,1-4H3. The largest absolute Gasteiger partial charge is 0.309 e. The monoisotopic (exact) mass is 292 g/mol. The molecule has 2 rings (SSSR count). The molecule has 0 aliphatic heterocycles. The Bertz CT molecular complexity index is 444. The summed E-state index contributed by atoms with van der Waals surface area (Å²) in [6, 6.07) is 5.64. The van der Waals surface area contributed by atoms with Crippen LogP contribution in [0.2, 0.25) is 0 Å². The lowest BCUT2D eigenvalue weighted by Gasteiger charge is -2.49. The molecule has 1 aromatic rings. The second-order valence-electron chi connectivity index (χ2n) is 6.61. The molecule has 0 amide bonds. The fraction of sp³-hybridized carbons (Fsp3) is 0.667. The molecular weight excluding hydrogens is 263 g/mol. The van der Waals surface area contributed by atoms with Crippen molar-refractivity contribution in [3.05, 3.63) is 35.1 Å². The third-order valence-electron chi connectivity index (χ3n) is 4.95. The molecule has 0 heterocycles. The first-order valence-electron chi connectivity index (χ1n) is 8.17. The lowest BCUT2D eigenvalue weighted by atomic mass is 9.73. The summed E-state index contributed by atoms with van der Waals surface area (Å²) in [5.41, 5.74) is 2.18. The minimum atomic E-state index is -0.127. The number of rotatable bonds is 5. The van der Waals surface area contributed by atoms with Crippen LogP contribution in [0.1, 0.15) is 56.2 Å². The minimum absolute atomic E-state index is 0.0918. The molecule has 0 aromatic heterocycles. The summed E-state index contributed by atoms with van der Waals surface area (Å²) >= 11 is 0. The van der Waals surface area contributed by atoms with Crippen molar-refractivity contribution in [1.29, 1.82) is 0 Å². The summed E-state index contributed by atoms with van der Waals surface area (Å²) in [7, 11) is 4.34. The number of aryl methyl sites for hydroxylation is 1. The SMILES string of the molecule is CCNC(c1cc(C)cc(F)c1)C1(N(C)C)CCCCC1. The van der Waals surface area contributed by atoms with Crippen molar-refractivity contribution in [3.8, 4) is 0 Å². The van der Waals surface area contributed by atoms with E-state index in [4.69, 9.17) is 0 Å². The number of halogens is 1. The second kappa shape index (κ2) is 6.89. The van der Waals surface area contributed by atoms with Gasteiger partial charge in [0, 0.05) is 5.54 Å². The van der Waals surface area contributed by atoms with E-state index in [1.54, 1.807) is 12.1 Å². The summed E-state index contributed by atoms with van der Waals surface area (Å²) in [6.45, 7) is 5.00. The highest BCUT2D eigenvalue weighted by Gasteiger charge is 2.42. The van der Waals surface area contributed by atoms with E-state index in [1.165, 1.54) is 32.1 Å². The van der Waals surface area contributed by atoms with Crippen LogP contribution in [0.5, 0.6) is 0 Å². The zero-order chi connectivity index (χ0) is 15.5. The number of nitrogens with one attached hydrogen (secondary N) is 1. The number of benzene rings is 1. The molecule has 0 saturated heterocycles. The third-order valence-corrected chi connectivity index (χ3v) is 4.95. The Kier molecular flexibility index (Phi) is 5.39. The lowest BCUT2D eigenvalue weighted by molar-refractivity contribution is 0.0569. The maximum atomic E-state index is 13.9. The highest BCUT2D eigenvalue weighted by Crippen LogP contribution is 2.42. The molecule has 1 aromatic carbocycles. The van der Waals surface area contributed by atoms with Gasteiger partial charge in [0.1, 0.15) is 5.82 Å². The van der Waals surface area contributed by atoms with Crippen molar-refractivity contribution >= 4 is 0 Å². The maximum Gasteiger partial charge on any atom is 0.123 e. The van der Waals surface area contributed by atoms with Gasteiger partial charge in [0.15, 0.2) is 0 Å². The Labute approximate surface area is 128 Å². The molecule has 1 atom stereocenters. The minimum Gasteiger partial charge on any atom is -0.309 e. The van der Waals surface area contributed by atoms with E-state index < -0.39 is 0 Å². The molecule has 0 radical (unpaired) electrons. The highest BCUT2D eigenvalue weighted by molar-refractivity contribution is 5.29. The Morgan fingerprint density at radius 2 is 1.86 bits per heavy atom. The van der Waals surface area contributed by atoms with Crippen molar-refractivity contribution in [1.82, 2.24) is 10.2 Å². The van der Waals surface area contributed by atoms with E-state index >= 15 is 0 Å². The van der Waals surface area contributed by atoms with Gasteiger partial charge in [0.2, 0.25) is 0 Å². The van der Waals surface area contributed by atoms with E-state index in [-0.39, 0.29) is 17.4 Å².